The van der Waals surface area contributed by atoms with Gasteiger partial charge >= 0.3 is 0 Å². The predicted octanol–water partition coefficient (Wildman–Crippen LogP) is 7.17. The lowest BCUT2D eigenvalue weighted by Crippen LogP contribution is -1.92. The molecule has 118 valence electrons. The Bertz CT molecular complexity index is 163. The zero-order valence-corrected chi connectivity index (χ0v) is 16.7. The molecular weight excluding hydrogens is 315 g/mol. The second-order valence-corrected chi connectivity index (χ2v) is 11.9. The molecule has 0 rings (SSSR count). The topological polar surface area (TPSA) is 0 Å². The highest BCUT2D eigenvalue weighted by molar-refractivity contribution is 8.93. The smallest absolute Gasteiger partial charge is 0.0586 e. The Balaban J connectivity index is 0. The monoisotopic (exact) mass is 353 g/mol. The van der Waals surface area contributed by atoms with E-state index in [-0.39, 0.29) is 17.0 Å². The fourth-order valence-corrected chi connectivity index (χ4v) is 3.60. The number of unbranched alkanes of at least 4 members (excludes halogenated alkanes) is 11. The molecule has 0 spiro atoms. The molecule has 0 saturated heterocycles. The molecule has 0 aliphatic carbocycles. The molecule has 0 aromatic carbocycles. The molecule has 0 saturated carbocycles. The molecule has 0 atom stereocenters. The van der Waals surface area contributed by atoms with Gasteiger partial charge in [0.2, 0.25) is 0 Å². The van der Waals surface area contributed by atoms with Crippen LogP contribution in [-0.2, 0) is 0 Å². The van der Waals surface area contributed by atoms with Crippen molar-refractivity contribution in [2.24, 2.45) is 0 Å². The first kappa shape index (κ1) is 22.2. The Morgan fingerprint density at radius 1 is 0.526 bits per heavy atom. The zero-order chi connectivity index (χ0) is 13.7. The van der Waals surface area contributed by atoms with E-state index in [2.05, 4.69) is 26.9 Å². The molecule has 0 amide bonds. The van der Waals surface area contributed by atoms with E-state index in [4.69, 9.17) is 0 Å². The molecule has 0 aliphatic heterocycles. The Kier molecular flexibility index (Phi) is 17.9. The summed E-state index contributed by atoms with van der Waals surface area (Å²) in [5, 5.41) is 0. The van der Waals surface area contributed by atoms with E-state index in [9.17, 15) is 0 Å². The molecule has 0 nitrogen and oxygen atoms in total. The van der Waals surface area contributed by atoms with Crippen LogP contribution in [0.3, 0.4) is 0 Å². The second-order valence-electron chi connectivity index (χ2n) is 6.90. The summed E-state index contributed by atoms with van der Waals surface area (Å²) in [7, 11) is -0.496. The molecule has 0 N–H and O–H groups in total. The van der Waals surface area contributed by atoms with Gasteiger partial charge in [-0.25, -0.2) is 0 Å². The normalized spacial score (nSPS) is 11.4. The Hall–Kier alpha value is 0.910. The van der Waals surface area contributed by atoms with Crippen LogP contribution in [0.1, 0.15) is 84.0 Å². The van der Waals surface area contributed by atoms with Crippen molar-refractivity contribution >= 4 is 24.2 Å². The molecule has 0 aliphatic rings. The molecule has 19 heavy (non-hydrogen) atoms. The van der Waals surface area contributed by atoms with Crippen molar-refractivity contribution in [2.75, 3.05) is 26.2 Å². The minimum atomic E-state index is -0.496. The molecule has 0 bridgehead atoms. The Morgan fingerprint density at radius 3 is 1.16 bits per heavy atom. The molecule has 0 aromatic heterocycles. The van der Waals surface area contributed by atoms with Crippen LogP contribution in [0.2, 0.25) is 0 Å². The maximum absolute atomic E-state index is 2.46. The summed E-state index contributed by atoms with van der Waals surface area (Å²) in [6, 6.07) is 0. The van der Waals surface area contributed by atoms with Crippen LogP contribution < -0.4 is 0 Å². The van der Waals surface area contributed by atoms with Gasteiger partial charge in [-0.3, -0.25) is 0 Å². The SMILES string of the molecule is Br.CCCCCCCCCCCCCC[P+](C)(C)C. The van der Waals surface area contributed by atoms with Crippen molar-refractivity contribution in [3.05, 3.63) is 0 Å². The Morgan fingerprint density at radius 2 is 0.842 bits per heavy atom. The third-order valence-corrected chi connectivity index (χ3v) is 5.34. The lowest BCUT2D eigenvalue weighted by molar-refractivity contribution is 0.548. The van der Waals surface area contributed by atoms with Gasteiger partial charge in [-0.2, -0.15) is 0 Å². The van der Waals surface area contributed by atoms with Crippen molar-refractivity contribution in [1.29, 1.82) is 0 Å². The van der Waals surface area contributed by atoms with Gasteiger partial charge in [0.15, 0.2) is 0 Å². The van der Waals surface area contributed by atoms with E-state index >= 15 is 0 Å². The highest BCUT2D eigenvalue weighted by Gasteiger charge is 2.15. The predicted molar refractivity (Wildman–Crippen MR) is 101 cm³/mol. The first-order chi connectivity index (χ1) is 8.56. The van der Waals surface area contributed by atoms with Gasteiger partial charge < -0.3 is 0 Å². The second kappa shape index (κ2) is 15.3. The molecule has 0 heterocycles. The lowest BCUT2D eigenvalue weighted by Gasteiger charge is -2.10. The van der Waals surface area contributed by atoms with E-state index in [1.165, 1.54) is 83.2 Å². The fourth-order valence-electron chi connectivity index (χ4n) is 2.43. The van der Waals surface area contributed by atoms with E-state index < -0.39 is 7.26 Å². The van der Waals surface area contributed by atoms with Crippen molar-refractivity contribution in [1.82, 2.24) is 0 Å². The van der Waals surface area contributed by atoms with Crippen LogP contribution in [-0.4, -0.2) is 26.2 Å². The summed E-state index contributed by atoms with van der Waals surface area (Å²) in [5.74, 6) is 0. The summed E-state index contributed by atoms with van der Waals surface area (Å²) in [6.07, 6.45) is 19.1. The quantitative estimate of drug-likeness (QED) is 0.243. The first-order valence-corrected chi connectivity index (χ1v) is 11.7. The molecular formula is C17H39BrP+. The van der Waals surface area contributed by atoms with Gasteiger partial charge in [0.05, 0.1) is 6.16 Å². The van der Waals surface area contributed by atoms with E-state index in [1.807, 2.05) is 0 Å². The van der Waals surface area contributed by atoms with E-state index in [1.54, 1.807) is 0 Å². The average Bonchev–Trinajstić information content (AvgIpc) is 2.29. The molecule has 2 heteroatoms. The summed E-state index contributed by atoms with van der Waals surface area (Å²) in [6.45, 7) is 9.68. The van der Waals surface area contributed by atoms with Crippen LogP contribution in [0.4, 0.5) is 0 Å². The Labute approximate surface area is 134 Å². The van der Waals surface area contributed by atoms with Crippen LogP contribution in [0.15, 0.2) is 0 Å². The van der Waals surface area contributed by atoms with Gasteiger partial charge in [0.25, 0.3) is 0 Å². The van der Waals surface area contributed by atoms with Crippen LogP contribution in [0, 0.1) is 0 Å². The zero-order valence-electron chi connectivity index (χ0n) is 14.0. The summed E-state index contributed by atoms with van der Waals surface area (Å²) >= 11 is 0. The largest absolute Gasteiger partial charge is 0.114 e. The summed E-state index contributed by atoms with van der Waals surface area (Å²) < 4.78 is 0. The summed E-state index contributed by atoms with van der Waals surface area (Å²) in [5.41, 5.74) is 0. The fraction of sp³-hybridized carbons (Fsp3) is 1.00. The maximum Gasteiger partial charge on any atom is 0.0586 e. The van der Waals surface area contributed by atoms with Crippen molar-refractivity contribution in [2.45, 2.75) is 84.0 Å². The molecule has 0 radical (unpaired) electrons. The molecule has 0 unspecified atom stereocenters. The molecule has 0 fully saturated rings. The van der Waals surface area contributed by atoms with Gasteiger partial charge in [-0.05, 0) is 12.8 Å². The number of hydrogen-bond acceptors (Lipinski definition) is 0. The van der Waals surface area contributed by atoms with Crippen LogP contribution >= 0.6 is 24.2 Å². The minimum Gasteiger partial charge on any atom is -0.114 e. The minimum absolute atomic E-state index is 0. The average molecular weight is 354 g/mol. The highest BCUT2D eigenvalue weighted by atomic mass is 79.9. The summed E-state index contributed by atoms with van der Waals surface area (Å²) in [4.78, 5) is 0. The third-order valence-electron chi connectivity index (χ3n) is 3.68. The maximum atomic E-state index is 2.46. The first-order valence-electron chi connectivity index (χ1n) is 8.36. The van der Waals surface area contributed by atoms with Gasteiger partial charge in [0, 0.05) is 27.3 Å². The van der Waals surface area contributed by atoms with Crippen molar-refractivity contribution < 1.29 is 0 Å². The van der Waals surface area contributed by atoms with Crippen LogP contribution in [0.25, 0.3) is 0 Å². The van der Waals surface area contributed by atoms with Crippen LogP contribution in [0.5, 0.6) is 0 Å². The van der Waals surface area contributed by atoms with Gasteiger partial charge in [0.1, 0.15) is 0 Å². The number of rotatable bonds is 13. The van der Waals surface area contributed by atoms with E-state index in [0.717, 1.165) is 0 Å². The van der Waals surface area contributed by atoms with Crippen molar-refractivity contribution in [3.8, 4) is 0 Å². The van der Waals surface area contributed by atoms with Crippen molar-refractivity contribution in [3.63, 3.8) is 0 Å². The number of hydrogen-bond donors (Lipinski definition) is 0. The third kappa shape index (κ3) is 21.4. The standard InChI is InChI=1S/C17H38P.BrH/c1-5-6-7-8-9-10-11-12-13-14-15-16-17-18(2,3)4;/h5-17H2,1-4H3;1H/q+1;. The highest BCUT2D eigenvalue weighted by Crippen LogP contribution is 2.47. The van der Waals surface area contributed by atoms with Gasteiger partial charge in [-0.1, -0.05) is 71.1 Å². The van der Waals surface area contributed by atoms with Gasteiger partial charge in [-0.15, -0.1) is 17.0 Å². The number of halogens is 1. The molecule has 0 aromatic rings. The lowest BCUT2D eigenvalue weighted by atomic mass is 10.1. The van der Waals surface area contributed by atoms with E-state index in [0.29, 0.717) is 0 Å².